The fourth-order valence-corrected chi connectivity index (χ4v) is 1.10. The number of methoxy groups -OCH3 is 1. The van der Waals surface area contributed by atoms with E-state index in [2.05, 4.69) is 4.74 Å². The third-order valence-electron chi connectivity index (χ3n) is 1.90. The minimum absolute atomic E-state index is 0.0729. The van der Waals surface area contributed by atoms with Gasteiger partial charge in [0.15, 0.2) is 0 Å². The lowest BCUT2D eigenvalue weighted by Crippen LogP contribution is -2.34. The number of hydrogen-bond acceptors (Lipinski definition) is 4. The number of hydrogen-bond donors (Lipinski definition) is 2. The van der Waals surface area contributed by atoms with Crippen molar-refractivity contribution in [2.45, 2.75) is 6.54 Å². The highest BCUT2D eigenvalue weighted by atomic mass is 16.5. The maximum Gasteiger partial charge on any atom is 0.419 e. The summed E-state index contributed by atoms with van der Waals surface area (Å²) in [5.41, 5.74) is 0.575. The molecule has 86 valence electrons. The number of benzene rings is 1. The van der Waals surface area contributed by atoms with E-state index in [4.69, 9.17) is 10.2 Å². The number of amides is 2. The van der Waals surface area contributed by atoms with Gasteiger partial charge in [0.2, 0.25) is 0 Å². The molecule has 0 atom stereocenters. The summed E-state index contributed by atoms with van der Waals surface area (Å²) in [6.45, 7) is -0.123. The van der Waals surface area contributed by atoms with Crippen LogP contribution in [0.15, 0.2) is 24.3 Å². The molecule has 0 bridgehead atoms. The molecule has 0 heterocycles. The van der Waals surface area contributed by atoms with E-state index in [1.165, 1.54) is 24.3 Å². The molecule has 16 heavy (non-hydrogen) atoms. The van der Waals surface area contributed by atoms with Gasteiger partial charge in [0.1, 0.15) is 5.75 Å². The molecule has 0 aliphatic rings. The molecule has 1 rings (SSSR count). The second-order valence-electron chi connectivity index (χ2n) is 3.01. The lowest BCUT2D eigenvalue weighted by molar-refractivity contribution is 0.107. The molecule has 0 aliphatic heterocycles. The average Bonchev–Trinajstić information content (AvgIpc) is 2.27. The molecule has 1 aromatic rings. The number of nitrogens with zero attached hydrogens (tertiary/aromatic N) is 1. The Kier molecular flexibility index (Phi) is 3.71. The maximum atomic E-state index is 11.1. The zero-order valence-electron chi connectivity index (χ0n) is 8.58. The van der Waals surface area contributed by atoms with E-state index in [0.717, 1.165) is 7.11 Å². The van der Waals surface area contributed by atoms with E-state index in [0.29, 0.717) is 10.5 Å². The largest absolute Gasteiger partial charge is 0.508 e. The van der Waals surface area contributed by atoms with Crippen molar-refractivity contribution in [2.24, 2.45) is 0 Å². The molecule has 0 unspecified atom stereocenters. The van der Waals surface area contributed by atoms with Crippen LogP contribution in [0.3, 0.4) is 0 Å². The van der Waals surface area contributed by atoms with Crippen LogP contribution in [-0.2, 0) is 11.3 Å². The molecule has 1 aromatic carbocycles. The van der Waals surface area contributed by atoms with Crippen LogP contribution in [0.5, 0.6) is 5.75 Å². The number of phenolic OH excluding ortho intramolecular Hbond substituents is 1. The fourth-order valence-electron chi connectivity index (χ4n) is 1.10. The summed E-state index contributed by atoms with van der Waals surface area (Å²) in [5, 5.41) is 17.8. The Balaban J connectivity index is 2.80. The summed E-state index contributed by atoms with van der Waals surface area (Å²) >= 11 is 0. The van der Waals surface area contributed by atoms with Gasteiger partial charge >= 0.3 is 12.2 Å². The van der Waals surface area contributed by atoms with Gasteiger partial charge in [-0.25, -0.2) is 14.5 Å². The van der Waals surface area contributed by atoms with Gasteiger partial charge in [-0.3, -0.25) is 0 Å². The first-order valence-corrected chi connectivity index (χ1v) is 4.41. The zero-order chi connectivity index (χ0) is 12.1. The number of imide groups is 1. The van der Waals surface area contributed by atoms with Gasteiger partial charge in [-0.15, -0.1) is 0 Å². The smallest absolute Gasteiger partial charge is 0.419 e. The van der Waals surface area contributed by atoms with Crippen LogP contribution >= 0.6 is 0 Å². The summed E-state index contributed by atoms with van der Waals surface area (Å²) in [6.07, 6.45) is -2.33. The van der Waals surface area contributed by atoms with E-state index in [9.17, 15) is 9.59 Å². The van der Waals surface area contributed by atoms with Gasteiger partial charge in [0.25, 0.3) is 0 Å². The normalized spacial score (nSPS) is 9.56. The van der Waals surface area contributed by atoms with Crippen molar-refractivity contribution >= 4 is 12.2 Å². The number of carbonyl (C=O) groups excluding carboxylic acids is 1. The van der Waals surface area contributed by atoms with Gasteiger partial charge in [-0.2, -0.15) is 0 Å². The Labute approximate surface area is 91.7 Å². The second kappa shape index (κ2) is 5.01. The number of carboxylic acid groups (broad SMARTS) is 1. The number of aromatic hydroxyl groups is 1. The Morgan fingerprint density at radius 1 is 1.31 bits per heavy atom. The summed E-state index contributed by atoms with van der Waals surface area (Å²) in [4.78, 5) is 22.4. The third-order valence-corrected chi connectivity index (χ3v) is 1.90. The minimum atomic E-state index is -1.39. The quantitative estimate of drug-likeness (QED) is 0.798. The Bertz CT molecular complexity index is 387. The predicted octanol–water partition coefficient (Wildman–Crippen LogP) is 1.64. The van der Waals surface area contributed by atoms with Crippen LogP contribution in [0.2, 0.25) is 0 Å². The van der Waals surface area contributed by atoms with Crippen molar-refractivity contribution < 1.29 is 24.5 Å². The SMILES string of the molecule is COC(=O)N(Cc1ccc(O)cc1)C(=O)O. The van der Waals surface area contributed by atoms with E-state index >= 15 is 0 Å². The first-order valence-electron chi connectivity index (χ1n) is 4.41. The van der Waals surface area contributed by atoms with Crippen molar-refractivity contribution in [2.75, 3.05) is 7.11 Å². The van der Waals surface area contributed by atoms with Gasteiger partial charge in [-0.05, 0) is 17.7 Å². The van der Waals surface area contributed by atoms with Crippen LogP contribution in [0, 0.1) is 0 Å². The van der Waals surface area contributed by atoms with Gasteiger partial charge in [0, 0.05) is 0 Å². The van der Waals surface area contributed by atoms with Crippen molar-refractivity contribution in [1.29, 1.82) is 0 Å². The molecule has 0 spiro atoms. The fraction of sp³-hybridized carbons (Fsp3) is 0.200. The van der Waals surface area contributed by atoms with Gasteiger partial charge in [-0.1, -0.05) is 12.1 Å². The molecular weight excluding hydrogens is 214 g/mol. The van der Waals surface area contributed by atoms with Crippen molar-refractivity contribution in [3.8, 4) is 5.75 Å². The molecule has 2 amide bonds. The maximum absolute atomic E-state index is 11.1. The number of ether oxygens (including phenoxy) is 1. The summed E-state index contributed by atoms with van der Waals surface area (Å²) < 4.78 is 4.33. The molecule has 0 fully saturated rings. The van der Waals surface area contributed by atoms with Gasteiger partial charge in [0.05, 0.1) is 13.7 Å². The van der Waals surface area contributed by atoms with E-state index in [1.807, 2.05) is 0 Å². The Morgan fingerprint density at radius 2 is 1.88 bits per heavy atom. The number of carbonyl (C=O) groups is 2. The first kappa shape index (κ1) is 11.8. The van der Waals surface area contributed by atoms with Crippen LogP contribution < -0.4 is 0 Å². The first-order chi connectivity index (χ1) is 7.54. The second-order valence-corrected chi connectivity index (χ2v) is 3.01. The van der Waals surface area contributed by atoms with Crippen LogP contribution in [0.1, 0.15) is 5.56 Å². The molecule has 0 aromatic heterocycles. The van der Waals surface area contributed by atoms with E-state index in [1.54, 1.807) is 0 Å². The van der Waals surface area contributed by atoms with E-state index < -0.39 is 12.2 Å². The summed E-state index contributed by atoms with van der Waals surface area (Å²) in [6, 6.07) is 5.86. The minimum Gasteiger partial charge on any atom is -0.508 e. The predicted molar refractivity (Wildman–Crippen MR) is 54.1 cm³/mol. The Morgan fingerprint density at radius 3 is 2.31 bits per heavy atom. The zero-order valence-corrected chi connectivity index (χ0v) is 8.58. The Hall–Kier alpha value is -2.24. The lowest BCUT2D eigenvalue weighted by Gasteiger charge is -2.15. The lowest BCUT2D eigenvalue weighted by atomic mass is 10.2. The van der Waals surface area contributed by atoms with E-state index in [-0.39, 0.29) is 12.3 Å². The highest BCUT2D eigenvalue weighted by Crippen LogP contribution is 2.12. The average molecular weight is 225 g/mol. The number of phenols is 1. The van der Waals surface area contributed by atoms with Crippen molar-refractivity contribution in [3.63, 3.8) is 0 Å². The van der Waals surface area contributed by atoms with Crippen LogP contribution in [0.25, 0.3) is 0 Å². The third kappa shape index (κ3) is 2.88. The molecule has 6 nitrogen and oxygen atoms in total. The summed E-state index contributed by atoms with van der Waals surface area (Å²) in [7, 11) is 1.11. The number of rotatable bonds is 2. The molecule has 6 heteroatoms. The monoisotopic (exact) mass is 225 g/mol. The highest BCUT2D eigenvalue weighted by molar-refractivity contribution is 5.86. The van der Waals surface area contributed by atoms with Crippen molar-refractivity contribution in [3.05, 3.63) is 29.8 Å². The molecule has 0 saturated heterocycles. The molecule has 2 N–H and O–H groups in total. The summed E-state index contributed by atoms with van der Waals surface area (Å²) in [5.74, 6) is 0.0729. The van der Waals surface area contributed by atoms with Crippen molar-refractivity contribution in [1.82, 2.24) is 4.90 Å². The highest BCUT2D eigenvalue weighted by Gasteiger charge is 2.21. The van der Waals surface area contributed by atoms with Crippen LogP contribution in [0.4, 0.5) is 9.59 Å². The molecule has 0 aliphatic carbocycles. The molecule has 0 radical (unpaired) electrons. The molecular formula is C10H11NO5. The standard InChI is InChI=1S/C10H11NO5/c1-16-10(15)11(9(13)14)6-7-2-4-8(12)5-3-7/h2-5,12H,6H2,1H3,(H,13,14). The molecule has 0 saturated carbocycles. The van der Waals surface area contributed by atoms with Gasteiger partial charge < -0.3 is 14.9 Å². The topological polar surface area (TPSA) is 87.1 Å². The van der Waals surface area contributed by atoms with Crippen LogP contribution in [-0.4, -0.2) is 34.4 Å².